The Kier molecular flexibility index (Phi) is 4.20. The van der Waals surface area contributed by atoms with Crippen LogP contribution in [-0.2, 0) is 0 Å². The van der Waals surface area contributed by atoms with Crippen molar-refractivity contribution in [2.45, 2.75) is 32.7 Å². The van der Waals surface area contributed by atoms with Gasteiger partial charge in [-0.2, -0.15) is 0 Å². The van der Waals surface area contributed by atoms with Crippen molar-refractivity contribution in [1.29, 1.82) is 0 Å². The third-order valence-electron chi connectivity index (χ3n) is 3.86. The summed E-state index contributed by atoms with van der Waals surface area (Å²) in [7, 11) is 0. The highest BCUT2D eigenvalue weighted by atomic mass is 19.1. The molecule has 3 nitrogen and oxygen atoms in total. The first kappa shape index (κ1) is 14.0. The number of halogens is 1. The number of hydrogen-bond donors (Lipinski definition) is 1. The Morgan fingerprint density at radius 1 is 1.37 bits per heavy atom. The molecule has 2 rings (SSSR count). The van der Waals surface area contributed by atoms with E-state index in [1.807, 2.05) is 6.92 Å². The van der Waals surface area contributed by atoms with Gasteiger partial charge in [0.2, 0.25) is 0 Å². The van der Waals surface area contributed by atoms with Crippen LogP contribution in [0.15, 0.2) is 18.2 Å². The van der Waals surface area contributed by atoms with Gasteiger partial charge in [-0.25, -0.2) is 4.39 Å². The van der Waals surface area contributed by atoms with Gasteiger partial charge in [-0.15, -0.1) is 0 Å². The summed E-state index contributed by atoms with van der Waals surface area (Å²) in [5, 5.41) is 0. The average Bonchev–Trinajstić information content (AvgIpc) is 2.37. The molecule has 0 bridgehead atoms. The highest BCUT2D eigenvalue weighted by Gasteiger charge is 2.25. The predicted molar refractivity (Wildman–Crippen MR) is 73.4 cm³/mol. The van der Waals surface area contributed by atoms with Gasteiger partial charge < -0.3 is 10.6 Å². The molecule has 1 amide bonds. The van der Waals surface area contributed by atoms with Crippen molar-refractivity contribution in [1.82, 2.24) is 4.90 Å². The molecule has 1 aromatic carbocycles. The van der Waals surface area contributed by atoms with Crippen molar-refractivity contribution in [2.24, 2.45) is 11.7 Å². The van der Waals surface area contributed by atoms with Gasteiger partial charge in [0.05, 0.1) is 0 Å². The van der Waals surface area contributed by atoms with E-state index < -0.39 is 0 Å². The van der Waals surface area contributed by atoms with Crippen LogP contribution < -0.4 is 5.73 Å². The molecule has 0 aromatic heterocycles. The van der Waals surface area contributed by atoms with Gasteiger partial charge in [-0.1, -0.05) is 0 Å². The van der Waals surface area contributed by atoms with E-state index in [1.54, 1.807) is 17.9 Å². The lowest BCUT2D eigenvalue weighted by Gasteiger charge is -2.33. The van der Waals surface area contributed by atoms with E-state index in [1.165, 1.54) is 12.1 Å². The molecule has 0 saturated carbocycles. The Bertz CT molecular complexity index is 445. The minimum Gasteiger partial charge on any atom is -0.339 e. The summed E-state index contributed by atoms with van der Waals surface area (Å²) < 4.78 is 13.3. The van der Waals surface area contributed by atoms with E-state index in [0.717, 1.165) is 18.4 Å². The number of aryl methyl sites for hydroxylation is 1. The number of rotatable bonds is 2. The maximum atomic E-state index is 13.3. The van der Waals surface area contributed by atoms with Crippen molar-refractivity contribution in [3.63, 3.8) is 0 Å². The molecule has 2 N–H and O–H groups in total. The fourth-order valence-electron chi connectivity index (χ4n) is 2.67. The lowest BCUT2D eigenvalue weighted by molar-refractivity contribution is 0.0680. The second kappa shape index (κ2) is 5.70. The summed E-state index contributed by atoms with van der Waals surface area (Å²) >= 11 is 0. The predicted octanol–water partition coefficient (Wildman–Crippen LogP) is 2.33. The largest absolute Gasteiger partial charge is 0.339 e. The number of piperidine rings is 1. The molecule has 0 spiro atoms. The molecule has 104 valence electrons. The van der Waals surface area contributed by atoms with E-state index >= 15 is 0 Å². The van der Waals surface area contributed by atoms with E-state index in [2.05, 4.69) is 0 Å². The molecule has 4 heteroatoms. The van der Waals surface area contributed by atoms with Crippen LogP contribution in [0.2, 0.25) is 0 Å². The standard InChI is InChI=1S/C15H21FN2O/c1-10-7-13(9-14(16)8-10)15(19)18-5-3-12(4-6-18)11(2)17/h7-9,11-12H,3-6,17H2,1-2H3. The lowest BCUT2D eigenvalue weighted by Crippen LogP contribution is -2.42. The molecule has 0 aliphatic carbocycles. The Hall–Kier alpha value is -1.42. The number of benzene rings is 1. The minimum absolute atomic E-state index is 0.0780. The summed E-state index contributed by atoms with van der Waals surface area (Å²) in [5.41, 5.74) is 7.10. The number of carbonyl (C=O) groups excluding carboxylic acids is 1. The van der Waals surface area contributed by atoms with Crippen LogP contribution in [-0.4, -0.2) is 29.9 Å². The zero-order valence-electron chi connectivity index (χ0n) is 11.5. The average molecular weight is 264 g/mol. The van der Waals surface area contributed by atoms with Crippen molar-refractivity contribution in [2.75, 3.05) is 13.1 Å². The fraction of sp³-hybridized carbons (Fsp3) is 0.533. The lowest BCUT2D eigenvalue weighted by atomic mass is 9.90. The summed E-state index contributed by atoms with van der Waals surface area (Å²) in [6.07, 6.45) is 1.86. The molecule has 1 aliphatic rings. The summed E-state index contributed by atoms with van der Waals surface area (Å²) in [4.78, 5) is 14.1. The van der Waals surface area contributed by atoms with E-state index in [9.17, 15) is 9.18 Å². The van der Waals surface area contributed by atoms with Crippen LogP contribution in [0.3, 0.4) is 0 Å². The highest BCUT2D eigenvalue weighted by Crippen LogP contribution is 2.21. The smallest absolute Gasteiger partial charge is 0.253 e. The second-order valence-corrected chi connectivity index (χ2v) is 5.51. The molecule has 1 saturated heterocycles. The van der Waals surface area contributed by atoms with Gasteiger partial charge in [0.15, 0.2) is 0 Å². The summed E-state index contributed by atoms with van der Waals surface area (Å²) in [5.74, 6) is 0.0536. The number of hydrogen-bond acceptors (Lipinski definition) is 2. The van der Waals surface area contributed by atoms with Crippen molar-refractivity contribution < 1.29 is 9.18 Å². The Morgan fingerprint density at radius 3 is 2.53 bits per heavy atom. The van der Waals surface area contributed by atoms with Crippen molar-refractivity contribution in [3.05, 3.63) is 35.1 Å². The highest BCUT2D eigenvalue weighted by molar-refractivity contribution is 5.94. The Balaban J connectivity index is 2.05. The van der Waals surface area contributed by atoms with Crippen LogP contribution in [0.1, 0.15) is 35.7 Å². The molecule has 0 radical (unpaired) electrons. The maximum absolute atomic E-state index is 13.3. The van der Waals surface area contributed by atoms with Crippen LogP contribution in [0, 0.1) is 18.7 Å². The van der Waals surface area contributed by atoms with Gasteiger partial charge in [0.1, 0.15) is 5.82 Å². The number of likely N-dealkylation sites (tertiary alicyclic amines) is 1. The fourth-order valence-corrected chi connectivity index (χ4v) is 2.67. The first-order chi connectivity index (χ1) is 8.97. The maximum Gasteiger partial charge on any atom is 0.253 e. The third-order valence-corrected chi connectivity index (χ3v) is 3.86. The molecule has 1 aliphatic heterocycles. The van der Waals surface area contributed by atoms with Crippen molar-refractivity contribution in [3.8, 4) is 0 Å². The molecule has 1 unspecified atom stereocenters. The van der Waals surface area contributed by atoms with Gasteiger partial charge in [-0.3, -0.25) is 4.79 Å². The second-order valence-electron chi connectivity index (χ2n) is 5.51. The first-order valence-corrected chi connectivity index (χ1v) is 6.79. The molecule has 19 heavy (non-hydrogen) atoms. The van der Waals surface area contributed by atoms with E-state index in [4.69, 9.17) is 5.73 Å². The monoisotopic (exact) mass is 264 g/mol. The van der Waals surface area contributed by atoms with Crippen molar-refractivity contribution >= 4 is 5.91 Å². The van der Waals surface area contributed by atoms with E-state index in [0.29, 0.717) is 24.6 Å². The first-order valence-electron chi connectivity index (χ1n) is 6.79. The van der Waals surface area contributed by atoms with Gasteiger partial charge in [0.25, 0.3) is 5.91 Å². The normalized spacial score (nSPS) is 18.4. The summed E-state index contributed by atoms with van der Waals surface area (Å²) in [6, 6.07) is 4.66. The summed E-state index contributed by atoms with van der Waals surface area (Å²) in [6.45, 7) is 5.22. The molecule has 1 aromatic rings. The zero-order chi connectivity index (χ0) is 14.0. The van der Waals surface area contributed by atoms with Gasteiger partial charge in [-0.05, 0) is 56.4 Å². The molecular weight excluding hydrogens is 243 g/mol. The van der Waals surface area contributed by atoms with Crippen LogP contribution in [0.5, 0.6) is 0 Å². The molecule has 1 fully saturated rings. The Morgan fingerprint density at radius 2 is 2.00 bits per heavy atom. The Labute approximate surface area is 113 Å². The number of amides is 1. The molecule has 1 heterocycles. The van der Waals surface area contributed by atoms with Crippen LogP contribution in [0.25, 0.3) is 0 Å². The minimum atomic E-state index is -0.353. The number of nitrogens with zero attached hydrogens (tertiary/aromatic N) is 1. The SMILES string of the molecule is Cc1cc(F)cc(C(=O)N2CCC(C(C)N)CC2)c1. The number of carbonyl (C=O) groups is 1. The molecule has 1 atom stereocenters. The van der Waals surface area contributed by atoms with Crippen LogP contribution in [0.4, 0.5) is 4.39 Å². The third kappa shape index (κ3) is 3.32. The van der Waals surface area contributed by atoms with E-state index in [-0.39, 0.29) is 17.8 Å². The quantitative estimate of drug-likeness (QED) is 0.891. The zero-order valence-corrected chi connectivity index (χ0v) is 11.5. The van der Waals surface area contributed by atoms with Gasteiger partial charge >= 0.3 is 0 Å². The number of nitrogens with two attached hydrogens (primary N) is 1. The van der Waals surface area contributed by atoms with Crippen LogP contribution >= 0.6 is 0 Å². The topological polar surface area (TPSA) is 46.3 Å². The molecular formula is C15H21FN2O. The van der Waals surface area contributed by atoms with Gasteiger partial charge in [0, 0.05) is 24.7 Å².